The molecule has 0 saturated carbocycles. The number of carbonyl (C=O) groups excluding carboxylic acids is 2. The van der Waals surface area contributed by atoms with Crippen LogP contribution in [0.5, 0.6) is 0 Å². The van der Waals surface area contributed by atoms with Gasteiger partial charge in [0.1, 0.15) is 0 Å². The number of fused-ring (bicyclic) bond motifs is 1. The second-order valence-electron chi connectivity index (χ2n) is 7.76. The van der Waals surface area contributed by atoms with Gasteiger partial charge in [0.15, 0.2) is 0 Å². The topological polar surface area (TPSA) is 62.3 Å². The van der Waals surface area contributed by atoms with Crippen LogP contribution in [-0.4, -0.2) is 23.3 Å². The summed E-state index contributed by atoms with van der Waals surface area (Å²) in [5.41, 5.74) is 4.32. The zero-order valence-electron chi connectivity index (χ0n) is 16.8. The Labute approximate surface area is 170 Å². The summed E-state index contributed by atoms with van der Waals surface area (Å²) in [5.74, 6) is 0.313. The van der Waals surface area contributed by atoms with Gasteiger partial charge in [-0.25, -0.2) is 0 Å². The van der Waals surface area contributed by atoms with Gasteiger partial charge in [0.25, 0.3) is 5.91 Å². The van der Waals surface area contributed by atoms with Crippen LogP contribution in [0.25, 0.3) is 10.9 Å². The molecule has 4 rings (SSSR count). The van der Waals surface area contributed by atoms with E-state index in [2.05, 4.69) is 24.1 Å². The van der Waals surface area contributed by atoms with Crippen LogP contribution in [-0.2, 0) is 11.3 Å². The zero-order valence-corrected chi connectivity index (χ0v) is 16.8. The Kier molecular flexibility index (Phi) is 5.30. The Balaban J connectivity index is 1.50. The minimum absolute atomic E-state index is 0.107. The predicted molar refractivity (Wildman–Crippen MR) is 115 cm³/mol. The average molecular weight is 387 g/mol. The maximum atomic E-state index is 12.9. The van der Waals surface area contributed by atoms with Gasteiger partial charge in [-0.05, 0) is 42.2 Å². The molecular weight excluding hydrogens is 362 g/mol. The summed E-state index contributed by atoms with van der Waals surface area (Å²) in [6, 6.07) is 17.5. The molecular formula is C24H25N3O2. The van der Waals surface area contributed by atoms with E-state index in [1.165, 1.54) is 0 Å². The number of hydrogen-bond donors (Lipinski definition) is 1. The van der Waals surface area contributed by atoms with Crippen LogP contribution < -0.4 is 10.2 Å². The second kappa shape index (κ2) is 8.03. The summed E-state index contributed by atoms with van der Waals surface area (Å²) in [4.78, 5) is 31.3. The summed E-state index contributed by atoms with van der Waals surface area (Å²) in [6.45, 7) is 5.36. The standard InChI is InChI=1S/C24H25N3O2/c1-16(2)22-14-20(19-6-3-4-7-21(19)26-22)24(29)25-15-17-9-11-18(12-10-17)27-13-5-8-23(27)28/h3-4,6-7,9-12,14,16H,5,8,13,15H2,1-2H3,(H,25,29). The number of rotatable bonds is 5. The molecule has 0 aliphatic carbocycles. The molecule has 5 heteroatoms. The van der Waals surface area contributed by atoms with Crippen molar-refractivity contribution in [2.45, 2.75) is 39.2 Å². The lowest BCUT2D eigenvalue weighted by molar-refractivity contribution is -0.117. The molecule has 3 aromatic rings. The van der Waals surface area contributed by atoms with Gasteiger partial charge in [0.05, 0.1) is 11.1 Å². The second-order valence-corrected chi connectivity index (χ2v) is 7.76. The highest BCUT2D eigenvalue weighted by molar-refractivity contribution is 6.06. The van der Waals surface area contributed by atoms with E-state index in [0.29, 0.717) is 18.5 Å². The van der Waals surface area contributed by atoms with Gasteiger partial charge >= 0.3 is 0 Å². The van der Waals surface area contributed by atoms with Crippen molar-refractivity contribution in [3.8, 4) is 0 Å². The van der Waals surface area contributed by atoms with Gasteiger partial charge in [-0.3, -0.25) is 14.6 Å². The fourth-order valence-electron chi connectivity index (χ4n) is 3.67. The normalized spacial score (nSPS) is 14.0. The van der Waals surface area contributed by atoms with E-state index in [9.17, 15) is 9.59 Å². The van der Waals surface area contributed by atoms with Crippen molar-refractivity contribution in [3.63, 3.8) is 0 Å². The smallest absolute Gasteiger partial charge is 0.252 e. The number of amides is 2. The molecule has 1 aliphatic rings. The van der Waals surface area contributed by atoms with Crippen LogP contribution in [0.3, 0.4) is 0 Å². The summed E-state index contributed by atoms with van der Waals surface area (Å²) in [5, 5.41) is 3.88. The third-order valence-electron chi connectivity index (χ3n) is 5.35. The Morgan fingerprint density at radius 1 is 1.14 bits per heavy atom. The highest BCUT2D eigenvalue weighted by Gasteiger charge is 2.21. The number of pyridine rings is 1. The number of hydrogen-bond acceptors (Lipinski definition) is 3. The lowest BCUT2D eigenvalue weighted by Crippen LogP contribution is -2.24. The third-order valence-corrected chi connectivity index (χ3v) is 5.35. The van der Waals surface area contributed by atoms with E-state index in [1.807, 2.05) is 59.5 Å². The zero-order chi connectivity index (χ0) is 20.4. The lowest BCUT2D eigenvalue weighted by Gasteiger charge is -2.16. The summed E-state index contributed by atoms with van der Waals surface area (Å²) >= 11 is 0. The van der Waals surface area contributed by atoms with Crippen LogP contribution in [0, 0.1) is 0 Å². The molecule has 29 heavy (non-hydrogen) atoms. The van der Waals surface area contributed by atoms with E-state index in [1.54, 1.807) is 0 Å². The Morgan fingerprint density at radius 2 is 1.90 bits per heavy atom. The predicted octanol–water partition coefficient (Wildman–Crippen LogP) is 4.42. The Morgan fingerprint density at radius 3 is 2.59 bits per heavy atom. The molecule has 1 fully saturated rings. The molecule has 1 aromatic heterocycles. The molecule has 1 saturated heterocycles. The van der Waals surface area contributed by atoms with Crippen molar-refractivity contribution in [3.05, 3.63) is 71.4 Å². The first kappa shape index (κ1) is 19.1. The first-order valence-corrected chi connectivity index (χ1v) is 10.1. The van der Waals surface area contributed by atoms with Crippen LogP contribution in [0.1, 0.15) is 54.2 Å². The van der Waals surface area contributed by atoms with Gasteiger partial charge in [-0.1, -0.05) is 44.2 Å². The minimum atomic E-state index is -0.107. The van der Waals surface area contributed by atoms with Crippen molar-refractivity contribution in [2.24, 2.45) is 0 Å². The van der Waals surface area contributed by atoms with Crippen molar-refractivity contribution in [2.75, 3.05) is 11.4 Å². The van der Waals surface area contributed by atoms with E-state index in [-0.39, 0.29) is 17.7 Å². The summed E-state index contributed by atoms with van der Waals surface area (Å²) in [6.07, 6.45) is 1.53. The van der Waals surface area contributed by atoms with Crippen molar-refractivity contribution in [1.82, 2.24) is 10.3 Å². The SMILES string of the molecule is CC(C)c1cc(C(=O)NCc2ccc(N3CCCC3=O)cc2)c2ccccc2n1. The number of aromatic nitrogens is 1. The van der Waals surface area contributed by atoms with E-state index < -0.39 is 0 Å². The fourth-order valence-corrected chi connectivity index (χ4v) is 3.67. The molecule has 0 atom stereocenters. The minimum Gasteiger partial charge on any atom is -0.348 e. The van der Waals surface area contributed by atoms with E-state index >= 15 is 0 Å². The maximum Gasteiger partial charge on any atom is 0.252 e. The van der Waals surface area contributed by atoms with Crippen LogP contribution in [0.15, 0.2) is 54.6 Å². The molecule has 148 valence electrons. The molecule has 0 unspecified atom stereocenters. The van der Waals surface area contributed by atoms with Gasteiger partial charge < -0.3 is 10.2 Å². The summed E-state index contributed by atoms with van der Waals surface area (Å²) < 4.78 is 0. The molecule has 2 amide bonds. The Bertz CT molecular complexity index is 1060. The van der Waals surface area contributed by atoms with Gasteiger partial charge in [0, 0.05) is 36.3 Å². The number of benzene rings is 2. The largest absolute Gasteiger partial charge is 0.348 e. The highest BCUT2D eigenvalue weighted by atomic mass is 16.2. The average Bonchev–Trinajstić information content (AvgIpc) is 3.17. The molecule has 1 aliphatic heterocycles. The quantitative estimate of drug-likeness (QED) is 0.705. The molecule has 0 radical (unpaired) electrons. The van der Waals surface area contributed by atoms with Gasteiger partial charge in [-0.15, -0.1) is 0 Å². The summed E-state index contributed by atoms with van der Waals surface area (Å²) in [7, 11) is 0. The Hall–Kier alpha value is -3.21. The first-order chi connectivity index (χ1) is 14.0. The maximum absolute atomic E-state index is 12.9. The molecule has 5 nitrogen and oxygen atoms in total. The van der Waals surface area contributed by atoms with Crippen LogP contribution in [0.2, 0.25) is 0 Å². The number of nitrogens with one attached hydrogen (secondary N) is 1. The highest BCUT2D eigenvalue weighted by Crippen LogP contribution is 2.23. The first-order valence-electron chi connectivity index (χ1n) is 10.1. The van der Waals surface area contributed by atoms with Crippen LogP contribution >= 0.6 is 0 Å². The lowest BCUT2D eigenvalue weighted by atomic mass is 10.0. The number of anilines is 1. The molecule has 1 N–H and O–H groups in total. The molecule has 0 bridgehead atoms. The van der Waals surface area contributed by atoms with Crippen molar-refractivity contribution >= 4 is 28.4 Å². The third kappa shape index (κ3) is 3.99. The number of carbonyl (C=O) groups is 2. The van der Waals surface area contributed by atoms with Crippen molar-refractivity contribution in [1.29, 1.82) is 0 Å². The van der Waals surface area contributed by atoms with Gasteiger partial charge in [0.2, 0.25) is 5.91 Å². The van der Waals surface area contributed by atoms with Gasteiger partial charge in [-0.2, -0.15) is 0 Å². The van der Waals surface area contributed by atoms with E-state index in [4.69, 9.17) is 0 Å². The van der Waals surface area contributed by atoms with E-state index in [0.717, 1.165) is 40.8 Å². The molecule has 2 aromatic carbocycles. The van der Waals surface area contributed by atoms with Crippen molar-refractivity contribution < 1.29 is 9.59 Å². The number of para-hydroxylation sites is 1. The molecule has 2 heterocycles. The monoisotopic (exact) mass is 387 g/mol. The number of nitrogens with zero attached hydrogens (tertiary/aromatic N) is 2. The molecule has 0 spiro atoms. The van der Waals surface area contributed by atoms with Crippen LogP contribution in [0.4, 0.5) is 5.69 Å². The fraction of sp³-hybridized carbons (Fsp3) is 0.292.